The summed E-state index contributed by atoms with van der Waals surface area (Å²) in [6.07, 6.45) is 0. The number of hydrogen-bond donors (Lipinski definition) is 1. The first kappa shape index (κ1) is 17.0. The third-order valence-corrected chi connectivity index (χ3v) is 4.16. The van der Waals surface area contributed by atoms with Crippen molar-refractivity contribution < 1.29 is 0 Å². The lowest BCUT2D eigenvalue weighted by Gasteiger charge is -2.38. The second-order valence-corrected chi connectivity index (χ2v) is 7.05. The van der Waals surface area contributed by atoms with Crippen molar-refractivity contribution in [2.45, 2.75) is 74.4 Å². The zero-order valence-electron chi connectivity index (χ0n) is 13.5. The van der Waals surface area contributed by atoms with E-state index in [-0.39, 0.29) is 0 Å². The third kappa shape index (κ3) is 5.42. The minimum absolute atomic E-state index is 0.628. The number of hydrogen-bond acceptors (Lipinski definition) is 1. The molecule has 0 spiro atoms. The van der Waals surface area contributed by atoms with Gasteiger partial charge in [0.05, 0.1) is 0 Å². The second-order valence-electron chi connectivity index (χ2n) is 7.05. The van der Waals surface area contributed by atoms with E-state index in [1.54, 1.807) is 0 Å². The molecule has 0 saturated carbocycles. The van der Waals surface area contributed by atoms with E-state index in [1.807, 2.05) is 0 Å². The van der Waals surface area contributed by atoms with Gasteiger partial charge in [-0.15, -0.1) is 0 Å². The zero-order chi connectivity index (χ0) is 13.7. The average molecular weight is 241 g/mol. The van der Waals surface area contributed by atoms with Crippen LogP contribution in [-0.4, -0.2) is 12.1 Å². The van der Waals surface area contributed by atoms with E-state index in [0.717, 1.165) is 11.8 Å². The van der Waals surface area contributed by atoms with E-state index in [9.17, 15) is 0 Å². The van der Waals surface area contributed by atoms with Crippen molar-refractivity contribution in [2.75, 3.05) is 0 Å². The van der Waals surface area contributed by atoms with Crippen LogP contribution in [0.15, 0.2) is 0 Å². The van der Waals surface area contributed by atoms with E-state index in [4.69, 9.17) is 0 Å². The SMILES string of the molecule is CC(C)C(C)C(NC(C(C)C)C(C)C)C(C)C. The lowest BCUT2D eigenvalue weighted by molar-refractivity contribution is 0.184. The van der Waals surface area contributed by atoms with Gasteiger partial charge in [-0.1, -0.05) is 62.3 Å². The Balaban J connectivity index is 4.73. The van der Waals surface area contributed by atoms with Crippen molar-refractivity contribution in [3.05, 3.63) is 0 Å². The van der Waals surface area contributed by atoms with Crippen molar-refractivity contribution in [3.63, 3.8) is 0 Å². The maximum Gasteiger partial charge on any atom is 0.0121 e. The normalized spacial score (nSPS) is 16.6. The minimum Gasteiger partial charge on any atom is -0.310 e. The summed E-state index contributed by atoms with van der Waals surface area (Å²) in [4.78, 5) is 0. The first-order valence-corrected chi connectivity index (χ1v) is 7.44. The fourth-order valence-electron chi connectivity index (χ4n) is 2.74. The molecule has 0 fully saturated rings. The topological polar surface area (TPSA) is 12.0 Å². The van der Waals surface area contributed by atoms with Gasteiger partial charge in [-0.05, 0) is 29.6 Å². The Morgan fingerprint density at radius 3 is 1.06 bits per heavy atom. The van der Waals surface area contributed by atoms with Crippen molar-refractivity contribution in [1.82, 2.24) is 5.32 Å². The zero-order valence-corrected chi connectivity index (χ0v) is 13.5. The van der Waals surface area contributed by atoms with Crippen LogP contribution in [0.3, 0.4) is 0 Å². The molecule has 0 aromatic rings. The predicted molar refractivity (Wildman–Crippen MR) is 79.2 cm³/mol. The van der Waals surface area contributed by atoms with Crippen LogP contribution in [0.4, 0.5) is 0 Å². The highest BCUT2D eigenvalue weighted by atomic mass is 15.0. The van der Waals surface area contributed by atoms with Gasteiger partial charge in [0.1, 0.15) is 0 Å². The van der Waals surface area contributed by atoms with E-state index in [1.165, 1.54) is 0 Å². The molecule has 1 nitrogen and oxygen atoms in total. The summed E-state index contributed by atoms with van der Waals surface area (Å²) in [7, 11) is 0. The Hall–Kier alpha value is -0.0400. The Labute approximate surface area is 110 Å². The van der Waals surface area contributed by atoms with Crippen LogP contribution < -0.4 is 5.32 Å². The highest BCUT2D eigenvalue weighted by Crippen LogP contribution is 2.23. The maximum absolute atomic E-state index is 3.93. The number of nitrogens with one attached hydrogen (secondary N) is 1. The summed E-state index contributed by atoms with van der Waals surface area (Å²) in [5, 5.41) is 3.93. The molecule has 0 heterocycles. The summed E-state index contributed by atoms with van der Waals surface area (Å²) in [6.45, 7) is 21.1. The lowest BCUT2D eigenvalue weighted by Crippen LogP contribution is -2.50. The fraction of sp³-hybridized carbons (Fsp3) is 1.00. The van der Waals surface area contributed by atoms with E-state index in [0.29, 0.717) is 29.8 Å². The Morgan fingerprint density at radius 2 is 0.824 bits per heavy atom. The third-order valence-electron chi connectivity index (χ3n) is 4.16. The summed E-state index contributed by atoms with van der Waals surface area (Å²) >= 11 is 0. The average Bonchev–Trinajstić information content (AvgIpc) is 2.15. The first-order chi connectivity index (χ1) is 7.68. The minimum atomic E-state index is 0.628. The van der Waals surface area contributed by atoms with Crippen LogP contribution in [-0.2, 0) is 0 Å². The summed E-state index contributed by atoms with van der Waals surface area (Å²) in [6, 6.07) is 1.26. The van der Waals surface area contributed by atoms with Crippen LogP contribution in [0, 0.1) is 29.6 Å². The molecule has 17 heavy (non-hydrogen) atoms. The largest absolute Gasteiger partial charge is 0.310 e. The van der Waals surface area contributed by atoms with Gasteiger partial charge in [0, 0.05) is 12.1 Å². The molecule has 0 radical (unpaired) electrons. The molecule has 0 aromatic carbocycles. The molecule has 0 aliphatic carbocycles. The molecule has 0 aliphatic rings. The highest BCUT2D eigenvalue weighted by molar-refractivity contribution is 4.84. The van der Waals surface area contributed by atoms with Crippen LogP contribution in [0.1, 0.15) is 62.3 Å². The Kier molecular flexibility index (Phi) is 7.39. The molecular formula is C16H35N. The Bertz CT molecular complexity index is 186. The predicted octanol–water partition coefficient (Wildman–Crippen LogP) is 4.57. The summed E-state index contributed by atoms with van der Waals surface area (Å²) < 4.78 is 0. The van der Waals surface area contributed by atoms with Gasteiger partial charge >= 0.3 is 0 Å². The van der Waals surface area contributed by atoms with Crippen molar-refractivity contribution in [2.24, 2.45) is 29.6 Å². The standard InChI is InChI=1S/C16H35N/c1-10(2)14(9)16(13(7)8)17-15(11(3)4)12(5)6/h10-17H,1-9H3. The van der Waals surface area contributed by atoms with Gasteiger partial charge in [0.15, 0.2) is 0 Å². The van der Waals surface area contributed by atoms with Crippen molar-refractivity contribution in [3.8, 4) is 0 Å². The van der Waals surface area contributed by atoms with Crippen LogP contribution >= 0.6 is 0 Å². The van der Waals surface area contributed by atoms with Gasteiger partial charge < -0.3 is 5.32 Å². The molecule has 2 atom stereocenters. The Morgan fingerprint density at radius 1 is 0.471 bits per heavy atom. The molecule has 0 saturated heterocycles. The molecule has 0 rings (SSSR count). The van der Waals surface area contributed by atoms with Gasteiger partial charge in [0.25, 0.3) is 0 Å². The molecule has 0 amide bonds. The highest BCUT2D eigenvalue weighted by Gasteiger charge is 2.28. The fourth-order valence-corrected chi connectivity index (χ4v) is 2.74. The second kappa shape index (κ2) is 7.41. The number of rotatable bonds is 7. The summed E-state index contributed by atoms with van der Waals surface area (Å²) in [5.74, 6) is 3.59. The molecule has 0 aromatic heterocycles. The van der Waals surface area contributed by atoms with E-state index >= 15 is 0 Å². The maximum atomic E-state index is 3.93. The van der Waals surface area contributed by atoms with E-state index < -0.39 is 0 Å². The molecule has 1 N–H and O–H groups in total. The smallest absolute Gasteiger partial charge is 0.0121 e. The molecule has 0 bridgehead atoms. The van der Waals surface area contributed by atoms with Crippen molar-refractivity contribution >= 4 is 0 Å². The van der Waals surface area contributed by atoms with Gasteiger partial charge in [0.2, 0.25) is 0 Å². The molecule has 0 aliphatic heterocycles. The van der Waals surface area contributed by atoms with Crippen LogP contribution in [0.5, 0.6) is 0 Å². The van der Waals surface area contributed by atoms with E-state index in [2.05, 4.69) is 67.6 Å². The lowest BCUT2D eigenvalue weighted by atomic mass is 9.82. The van der Waals surface area contributed by atoms with Gasteiger partial charge in [-0.3, -0.25) is 0 Å². The molecule has 1 heteroatoms. The molecule has 2 unspecified atom stereocenters. The van der Waals surface area contributed by atoms with Crippen LogP contribution in [0.25, 0.3) is 0 Å². The van der Waals surface area contributed by atoms with Crippen molar-refractivity contribution in [1.29, 1.82) is 0 Å². The van der Waals surface area contributed by atoms with Crippen LogP contribution in [0.2, 0.25) is 0 Å². The quantitative estimate of drug-likeness (QED) is 0.688. The van der Waals surface area contributed by atoms with Gasteiger partial charge in [-0.25, -0.2) is 0 Å². The molecular weight excluding hydrogens is 206 g/mol. The molecule has 104 valence electrons. The first-order valence-electron chi connectivity index (χ1n) is 7.44. The monoisotopic (exact) mass is 241 g/mol. The van der Waals surface area contributed by atoms with Gasteiger partial charge in [-0.2, -0.15) is 0 Å². The summed E-state index contributed by atoms with van der Waals surface area (Å²) in [5.41, 5.74) is 0.